The maximum atomic E-state index is 13.3. The van der Waals surface area contributed by atoms with Crippen molar-refractivity contribution in [3.8, 4) is 0 Å². The number of nitrogens with one attached hydrogen (secondary N) is 1. The topological polar surface area (TPSA) is 86.8 Å². The summed E-state index contributed by atoms with van der Waals surface area (Å²) >= 11 is 0. The lowest BCUT2D eigenvalue weighted by Crippen LogP contribution is -2.45. The van der Waals surface area contributed by atoms with Gasteiger partial charge in [-0.15, -0.1) is 0 Å². The predicted octanol–water partition coefficient (Wildman–Crippen LogP) is 2.39. The van der Waals surface area contributed by atoms with E-state index in [1.54, 1.807) is 17.0 Å². The minimum absolute atomic E-state index is 0.0153. The highest BCUT2D eigenvalue weighted by Gasteiger charge is 2.32. The van der Waals surface area contributed by atoms with Crippen LogP contribution in [0.5, 0.6) is 0 Å². The molecule has 7 nitrogen and oxygen atoms in total. The van der Waals surface area contributed by atoms with Crippen LogP contribution in [0.1, 0.15) is 43.5 Å². The summed E-state index contributed by atoms with van der Waals surface area (Å²) < 4.78 is 23.5. The summed E-state index contributed by atoms with van der Waals surface area (Å²) in [5, 5.41) is 2.99. The molecule has 8 heteroatoms. The summed E-state index contributed by atoms with van der Waals surface area (Å²) in [4.78, 5) is 29.4. The Morgan fingerprint density at radius 1 is 1.03 bits per heavy atom. The van der Waals surface area contributed by atoms with Crippen LogP contribution in [0.3, 0.4) is 0 Å². The average molecular weight is 434 g/mol. The molecule has 0 bridgehead atoms. The quantitative estimate of drug-likeness (QED) is 0.788. The van der Waals surface area contributed by atoms with Gasteiger partial charge in [0.25, 0.3) is 5.91 Å². The highest BCUT2D eigenvalue weighted by molar-refractivity contribution is 7.91. The molecule has 2 saturated heterocycles. The number of piperidine rings is 1. The van der Waals surface area contributed by atoms with Gasteiger partial charge in [0.05, 0.1) is 22.8 Å². The van der Waals surface area contributed by atoms with Gasteiger partial charge in [0.1, 0.15) is 0 Å². The number of rotatable bonds is 4. The molecule has 2 heterocycles. The summed E-state index contributed by atoms with van der Waals surface area (Å²) in [6, 6.07) is 5.49. The average Bonchev–Trinajstić information content (AvgIpc) is 3.52. The van der Waals surface area contributed by atoms with Gasteiger partial charge in [-0.05, 0) is 49.3 Å². The number of benzene rings is 1. The summed E-state index contributed by atoms with van der Waals surface area (Å²) in [5.74, 6) is 1.08. The zero-order chi connectivity index (χ0) is 21.5. The third-order valence-corrected chi connectivity index (χ3v) is 7.89. The summed E-state index contributed by atoms with van der Waals surface area (Å²) in [6.07, 6.45) is 3.03. The van der Waals surface area contributed by atoms with E-state index in [-0.39, 0.29) is 42.3 Å². The van der Waals surface area contributed by atoms with E-state index < -0.39 is 9.84 Å². The number of carbonyl (C=O) groups excluding carboxylic acids is 2. The Kier molecular flexibility index (Phi) is 5.79. The molecule has 1 aromatic rings. The largest absolute Gasteiger partial charge is 0.370 e. The zero-order valence-corrected chi connectivity index (χ0v) is 18.6. The van der Waals surface area contributed by atoms with Crippen molar-refractivity contribution in [3.63, 3.8) is 0 Å². The van der Waals surface area contributed by atoms with Gasteiger partial charge in [-0.3, -0.25) is 9.59 Å². The number of hydrogen-bond donors (Lipinski definition) is 1. The van der Waals surface area contributed by atoms with Gasteiger partial charge in [-0.1, -0.05) is 13.8 Å². The van der Waals surface area contributed by atoms with Crippen molar-refractivity contribution in [2.45, 2.75) is 33.1 Å². The molecule has 4 rings (SSSR count). The molecular formula is C22H31N3O4S. The van der Waals surface area contributed by atoms with Crippen molar-refractivity contribution in [1.29, 1.82) is 0 Å². The van der Waals surface area contributed by atoms with E-state index in [2.05, 4.69) is 24.1 Å². The molecule has 164 valence electrons. The van der Waals surface area contributed by atoms with Crippen LogP contribution in [0.15, 0.2) is 18.2 Å². The lowest BCUT2D eigenvalue weighted by atomic mass is 9.91. The van der Waals surface area contributed by atoms with E-state index in [4.69, 9.17) is 0 Å². The van der Waals surface area contributed by atoms with Crippen LogP contribution >= 0.6 is 0 Å². The zero-order valence-electron chi connectivity index (χ0n) is 17.8. The molecule has 1 N–H and O–H groups in total. The number of hydrogen-bond acceptors (Lipinski definition) is 5. The second kappa shape index (κ2) is 8.21. The molecule has 2 amide bonds. The Morgan fingerprint density at radius 2 is 1.67 bits per heavy atom. The highest BCUT2D eigenvalue weighted by Crippen LogP contribution is 2.34. The molecule has 0 spiro atoms. The number of carbonyl (C=O) groups is 2. The van der Waals surface area contributed by atoms with Crippen LogP contribution in [-0.2, 0) is 14.6 Å². The van der Waals surface area contributed by atoms with Gasteiger partial charge in [0.2, 0.25) is 5.91 Å². The maximum absolute atomic E-state index is 13.3. The van der Waals surface area contributed by atoms with Gasteiger partial charge in [-0.2, -0.15) is 0 Å². The summed E-state index contributed by atoms with van der Waals surface area (Å²) in [6.45, 7) is 6.62. The molecule has 2 atom stereocenters. The van der Waals surface area contributed by atoms with Gasteiger partial charge >= 0.3 is 0 Å². The van der Waals surface area contributed by atoms with E-state index in [0.717, 1.165) is 38.0 Å². The summed E-state index contributed by atoms with van der Waals surface area (Å²) in [5.41, 5.74) is 2.13. The Morgan fingerprint density at radius 3 is 2.27 bits per heavy atom. The molecule has 30 heavy (non-hydrogen) atoms. The van der Waals surface area contributed by atoms with E-state index in [9.17, 15) is 18.0 Å². The Hall–Kier alpha value is -2.09. The van der Waals surface area contributed by atoms with Crippen molar-refractivity contribution in [3.05, 3.63) is 23.8 Å². The van der Waals surface area contributed by atoms with E-state index in [0.29, 0.717) is 23.1 Å². The first-order valence-electron chi connectivity index (χ1n) is 10.9. The molecule has 1 aromatic carbocycles. The molecular weight excluding hydrogens is 402 g/mol. The van der Waals surface area contributed by atoms with Crippen LogP contribution in [0, 0.1) is 17.8 Å². The molecule has 3 aliphatic rings. The van der Waals surface area contributed by atoms with Gasteiger partial charge in [0.15, 0.2) is 9.84 Å². The fourth-order valence-electron chi connectivity index (χ4n) is 4.59. The second-order valence-electron chi connectivity index (χ2n) is 9.29. The van der Waals surface area contributed by atoms with Crippen LogP contribution in [-0.4, -0.2) is 62.8 Å². The minimum atomic E-state index is -3.05. The first-order chi connectivity index (χ1) is 14.2. The SMILES string of the molecule is C[C@@H]1C[C@H](C)CN(c2cc(NC(=O)C3CC3)ccc2C(=O)N2CCS(=O)(=O)CC2)C1. The van der Waals surface area contributed by atoms with E-state index in [1.807, 2.05) is 6.07 Å². The van der Waals surface area contributed by atoms with Crippen molar-refractivity contribution in [2.75, 3.05) is 47.9 Å². The van der Waals surface area contributed by atoms with Crippen LogP contribution < -0.4 is 10.2 Å². The maximum Gasteiger partial charge on any atom is 0.256 e. The van der Waals surface area contributed by atoms with Crippen molar-refractivity contribution in [2.24, 2.45) is 17.8 Å². The standard InChI is InChI=1S/C22H31N3O4S/c1-15-11-16(2)14-25(13-15)20-12-18(23-21(26)17-3-4-17)5-6-19(20)22(27)24-7-9-30(28,29)10-8-24/h5-6,12,15-17H,3-4,7-11,13-14H2,1-2H3,(H,23,26)/t15-,16+. The molecule has 1 aliphatic carbocycles. The van der Waals surface area contributed by atoms with Gasteiger partial charge in [0, 0.05) is 37.8 Å². The second-order valence-corrected chi connectivity index (χ2v) is 11.6. The first kappa shape index (κ1) is 21.2. The molecule has 1 saturated carbocycles. The van der Waals surface area contributed by atoms with E-state index in [1.165, 1.54) is 0 Å². The van der Waals surface area contributed by atoms with Crippen LogP contribution in [0.25, 0.3) is 0 Å². The molecule has 0 aromatic heterocycles. The van der Waals surface area contributed by atoms with Crippen molar-refractivity contribution < 1.29 is 18.0 Å². The lowest BCUT2D eigenvalue weighted by molar-refractivity contribution is -0.117. The lowest BCUT2D eigenvalue weighted by Gasteiger charge is -2.38. The fraction of sp³-hybridized carbons (Fsp3) is 0.636. The van der Waals surface area contributed by atoms with Crippen LogP contribution in [0.2, 0.25) is 0 Å². The number of sulfone groups is 1. The van der Waals surface area contributed by atoms with Crippen molar-refractivity contribution in [1.82, 2.24) is 4.90 Å². The number of anilines is 2. The molecule has 0 radical (unpaired) electrons. The normalized spacial score (nSPS) is 26.3. The minimum Gasteiger partial charge on any atom is -0.370 e. The van der Waals surface area contributed by atoms with Crippen molar-refractivity contribution >= 4 is 33.0 Å². The summed E-state index contributed by atoms with van der Waals surface area (Å²) in [7, 11) is -3.05. The van der Waals surface area contributed by atoms with Crippen LogP contribution in [0.4, 0.5) is 11.4 Å². The first-order valence-corrected chi connectivity index (χ1v) is 12.7. The smallest absolute Gasteiger partial charge is 0.256 e. The predicted molar refractivity (Wildman–Crippen MR) is 118 cm³/mol. The third kappa shape index (κ3) is 4.79. The molecule has 0 unspecified atom stereocenters. The Balaban J connectivity index is 1.62. The Labute approximate surface area is 178 Å². The van der Waals surface area contributed by atoms with E-state index >= 15 is 0 Å². The van der Waals surface area contributed by atoms with Gasteiger partial charge < -0.3 is 15.1 Å². The monoisotopic (exact) mass is 433 g/mol. The Bertz CT molecular complexity index is 918. The highest BCUT2D eigenvalue weighted by atomic mass is 32.2. The number of amides is 2. The third-order valence-electron chi connectivity index (χ3n) is 6.28. The number of nitrogens with zero attached hydrogens (tertiary/aromatic N) is 2. The molecule has 2 aliphatic heterocycles. The molecule has 3 fully saturated rings. The fourth-order valence-corrected chi connectivity index (χ4v) is 5.79. The van der Waals surface area contributed by atoms with Gasteiger partial charge in [-0.25, -0.2) is 8.42 Å².